The van der Waals surface area contributed by atoms with E-state index in [0.717, 1.165) is 32.4 Å². The smallest absolute Gasteiger partial charge is 0.326 e. The van der Waals surface area contributed by atoms with Crippen molar-refractivity contribution >= 4 is 11.9 Å². The monoisotopic (exact) mass is 240 g/mol. The standard InChI is InChI=1S/C12H20N2O3/c15-11(4-3-9-5-6-13-8-9)14-7-1-2-10(14)12(16)17/h9-10,13H,1-8H2,(H,16,17). The molecule has 96 valence electrons. The average Bonchev–Trinajstić information content (AvgIpc) is 2.96. The summed E-state index contributed by atoms with van der Waals surface area (Å²) in [6.07, 6.45) is 3.93. The molecular formula is C12H20N2O3. The molecule has 2 N–H and O–H groups in total. The van der Waals surface area contributed by atoms with Gasteiger partial charge in [-0.1, -0.05) is 0 Å². The van der Waals surface area contributed by atoms with E-state index in [-0.39, 0.29) is 5.91 Å². The molecule has 2 fully saturated rings. The normalized spacial score (nSPS) is 28.6. The maximum atomic E-state index is 12.0. The molecule has 2 saturated heterocycles. The number of rotatable bonds is 4. The van der Waals surface area contributed by atoms with E-state index in [4.69, 9.17) is 5.11 Å². The van der Waals surface area contributed by atoms with Crippen molar-refractivity contribution in [1.82, 2.24) is 10.2 Å². The Hall–Kier alpha value is -1.10. The molecule has 2 unspecified atom stereocenters. The fourth-order valence-electron chi connectivity index (χ4n) is 2.75. The van der Waals surface area contributed by atoms with Crippen LogP contribution in [0.5, 0.6) is 0 Å². The fraction of sp³-hybridized carbons (Fsp3) is 0.833. The van der Waals surface area contributed by atoms with Crippen molar-refractivity contribution in [2.75, 3.05) is 19.6 Å². The molecule has 1 amide bonds. The van der Waals surface area contributed by atoms with Gasteiger partial charge in [-0.25, -0.2) is 4.79 Å². The maximum Gasteiger partial charge on any atom is 0.326 e. The van der Waals surface area contributed by atoms with Crippen LogP contribution in [0.4, 0.5) is 0 Å². The minimum Gasteiger partial charge on any atom is -0.480 e. The van der Waals surface area contributed by atoms with Gasteiger partial charge >= 0.3 is 5.97 Å². The van der Waals surface area contributed by atoms with Crippen LogP contribution in [0.15, 0.2) is 0 Å². The highest BCUT2D eigenvalue weighted by Crippen LogP contribution is 2.21. The highest BCUT2D eigenvalue weighted by Gasteiger charge is 2.33. The molecule has 2 atom stereocenters. The summed E-state index contributed by atoms with van der Waals surface area (Å²) in [5.41, 5.74) is 0. The molecule has 0 aromatic heterocycles. The third kappa shape index (κ3) is 2.97. The second-order valence-electron chi connectivity index (χ2n) is 4.98. The lowest BCUT2D eigenvalue weighted by atomic mass is 10.0. The lowest BCUT2D eigenvalue weighted by molar-refractivity contribution is -0.148. The van der Waals surface area contributed by atoms with E-state index in [0.29, 0.717) is 25.3 Å². The zero-order valence-electron chi connectivity index (χ0n) is 10.0. The number of hydrogen-bond acceptors (Lipinski definition) is 3. The van der Waals surface area contributed by atoms with Gasteiger partial charge in [-0.05, 0) is 44.7 Å². The zero-order chi connectivity index (χ0) is 12.3. The first-order chi connectivity index (χ1) is 8.18. The molecule has 0 aromatic rings. The predicted molar refractivity (Wildman–Crippen MR) is 62.6 cm³/mol. The summed E-state index contributed by atoms with van der Waals surface area (Å²) in [6, 6.07) is -0.579. The quantitative estimate of drug-likeness (QED) is 0.748. The van der Waals surface area contributed by atoms with Gasteiger partial charge in [0.05, 0.1) is 0 Å². The van der Waals surface area contributed by atoms with Crippen LogP contribution in [0.3, 0.4) is 0 Å². The molecule has 5 heteroatoms. The Morgan fingerprint density at radius 2 is 2.18 bits per heavy atom. The summed E-state index contributed by atoms with van der Waals surface area (Å²) in [5.74, 6) is -0.259. The van der Waals surface area contributed by atoms with Crippen LogP contribution >= 0.6 is 0 Å². The molecule has 0 radical (unpaired) electrons. The van der Waals surface area contributed by atoms with E-state index in [1.54, 1.807) is 4.90 Å². The van der Waals surface area contributed by atoms with Crippen LogP contribution in [-0.2, 0) is 9.59 Å². The van der Waals surface area contributed by atoms with Crippen molar-refractivity contribution in [3.05, 3.63) is 0 Å². The van der Waals surface area contributed by atoms with E-state index in [1.807, 2.05) is 0 Å². The highest BCUT2D eigenvalue weighted by molar-refractivity contribution is 5.84. The Morgan fingerprint density at radius 3 is 2.82 bits per heavy atom. The lowest BCUT2D eigenvalue weighted by Crippen LogP contribution is -2.40. The zero-order valence-corrected chi connectivity index (χ0v) is 10.0. The molecule has 0 aromatic carbocycles. The summed E-state index contributed by atoms with van der Waals surface area (Å²) in [4.78, 5) is 24.5. The van der Waals surface area contributed by atoms with Crippen molar-refractivity contribution in [3.63, 3.8) is 0 Å². The number of carbonyl (C=O) groups is 2. The largest absolute Gasteiger partial charge is 0.480 e. The van der Waals surface area contributed by atoms with Crippen molar-refractivity contribution in [3.8, 4) is 0 Å². The second kappa shape index (κ2) is 5.49. The number of aliphatic carboxylic acids is 1. The van der Waals surface area contributed by atoms with Gasteiger partial charge < -0.3 is 15.3 Å². The van der Waals surface area contributed by atoms with Gasteiger partial charge in [-0.15, -0.1) is 0 Å². The Labute approximate surface area is 101 Å². The Balaban J connectivity index is 1.80. The van der Waals surface area contributed by atoms with Crippen LogP contribution < -0.4 is 5.32 Å². The first-order valence-corrected chi connectivity index (χ1v) is 6.41. The molecular weight excluding hydrogens is 220 g/mol. The summed E-state index contributed by atoms with van der Waals surface area (Å²) in [5, 5.41) is 12.3. The van der Waals surface area contributed by atoms with Gasteiger partial charge in [0.15, 0.2) is 0 Å². The first kappa shape index (κ1) is 12.4. The van der Waals surface area contributed by atoms with Gasteiger partial charge in [-0.2, -0.15) is 0 Å². The molecule has 0 saturated carbocycles. The third-order valence-corrected chi connectivity index (χ3v) is 3.79. The lowest BCUT2D eigenvalue weighted by Gasteiger charge is -2.22. The molecule has 0 spiro atoms. The van der Waals surface area contributed by atoms with Crippen LogP contribution in [0.25, 0.3) is 0 Å². The molecule has 0 aliphatic carbocycles. The fourth-order valence-corrected chi connectivity index (χ4v) is 2.75. The molecule has 5 nitrogen and oxygen atoms in total. The van der Waals surface area contributed by atoms with Crippen LogP contribution in [0.1, 0.15) is 32.1 Å². The number of nitrogens with zero attached hydrogens (tertiary/aromatic N) is 1. The minimum absolute atomic E-state index is 0.0156. The van der Waals surface area contributed by atoms with E-state index >= 15 is 0 Å². The number of amides is 1. The number of carbonyl (C=O) groups excluding carboxylic acids is 1. The number of carboxylic acids is 1. The van der Waals surface area contributed by atoms with E-state index < -0.39 is 12.0 Å². The molecule has 2 rings (SSSR count). The Morgan fingerprint density at radius 1 is 1.35 bits per heavy atom. The second-order valence-corrected chi connectivity index (χ2v) is 4.98. The summed E-state index contributed by atoms with van der Waals surface area (Å²) < 4.78 is 0. The molecule has 2 aliphatic rings. The predicted octanol–water partition coefficient (Wildman–Crippen LogP) is 0.452. The highest BCUT2D eigenvalue weighted by atomic mass is 16.4. The number of likely N-dealkylation sites (tertiary alicyclic amines) is 1. The minimum atomic E-state index is -0.863. The Kier molecular flexibility index (Phi) is 3.99. The van der Waals surface area contributed by atoms with E-state index in [2.05, 4.69) is 5.32 Å². The molecule has 17 heavy (non-hydrogen) atoms. The number of hydrogen-bond donors (Lipinski definition) is 2. The van der Waals surface area contributed by atoms with Crippen molar-refractivity contribution in [2.45, 2.75) is 38.1 Å². The summed E-state index contributed by atoms with van der Waals surface area (Å²) >= 11 is 0. The third-order valence-electron chi connectivity index (χ3n) is 3.79. The van der Waals surface area contributed by atoms with E-state index in [1.165, 1.54) is 0 Å². The number of nitrogens with one attached hydrogen (secondary N) is 1. The Bertz CT molecular complexity index is 300. The van der Waals surface area contributed by atoms with Gasteiger partial charge in [0, 0.05) is 13.0 Å². The van der Waals surface area contributed by atoms with Crippen LogP contribution in [-0.4, -0.2) is 47.6 Å². The molecule has 0 bridgehead atoms. The van der Waals surface area contributed by atoms with E-state index in [9.17, 15) is 9.59 Å². The van der Waals surface area contributed by atoms with Gasteiger partial charge in [-0.3, -0.25) is 4.79 Å². The topological polar surface area (TPSA) is 69.6 Å². The maximum absolute atomic E-state index is 12.0. The summed E-state index contributed by atoms with van der Waals surface area (Å²) in [6.45, 7) is 2.65. The summed E-state index contributed by atoms with van der Waals surface area (Å²) in [7, 11) is 0. The SMILES string of the molecule is O=C(O)C1CCCN1C(=O)CCC1CCNC1. The van der Waals surface area contributed by atoms with Crippen LogP contribution in [0.2, 0.25) is 0 Å². The van der Waals surface area contributed by atoms with Crippen molar-refractivity contribution < 1.29 is 14.7 Å². The number of carboxylic acid groups (broad SMARTS) is 1. The van der Waals surface area contributed by atoms with Gasteiger partial charge in [0.1, 0.15) is 6.04 Å². The van der Waals surface area contributed by atoms with Crippen LogP contribution in [0, 0.1) is 5.92 Å². The van der Waals surface area contributed by atoms with Gasteiger partial charge in [0.2, 0.25) is 5.91 Å². The van der Waals surface area contributed by atoms with Crippen molar-refractivity contribution in [2.24, 2.45) is 5.92 Å². The first-order valence-electron chi connectivity index (χ1n) is 6.41. The van der Waals surface area contributed by atoms with Crippen molar-refractivity contribution in [1.29, 1.82) is 0 Å². The molecule has 2 aliphatic heterocycles. The average molecular weight is 240 g/mol. The molecule has 2 heterocycles. The van der Waals surface area contributed by atoms with Gasteiger partial charge in [0.25, 0.3) is 0 Å².